The minimum atomic E-state index is -1.07. The van der Waals surface area contributed by atoms with E-state index in [9.17, 15) is 14.0 Å². The van der Waals surface area contributed by atoms with Crippen LogP contribution in [0.15, 0.2) is 29.3 Å². The van der Waals surface area contributed by atoms with Gasteiger partial charge in [-0.2, -0.15) is 4.99 Å². The molecule has 94 valence electrons. The summed E-state index contributed by atoms with van der Waals surface area (Å²) >= 11 is 0.992. The van der Waals surface area contributed by atoms with Crippen molar-refractivity contribution in [1.29, 1.82) is 0 Å². The topological polar surface area (TPSA) is 78.8 Å². The molecular weight excluding hydrogens is 259 g/mol. The van der Waals surface area contributed by atoms with Crippen molar-refractivity contribution in [2.75, 3.05) is 5.32 Å². The molecule has 2 rings (SSSR count). The van der Waals surface area contributed by atoms with E-state index in [1.807, 2.05) is 0 Å². The van der Waals surface area contributed by atoms with E-state index in [1.165, 1.54) is 12.1 Å². The predicted octanol–water partition coefficient (Wildman–Crippen LogP) is 1.71. The van der Waals surface area contributed by atoms with Gasteiger partial charge in [0.25, 0.3) is 5.91 Å². The molecule has 1 aromatic rings. The third kappa shape index (κ3) is 2.86. The van der Waals surface area contributed by atoms with Crippen molar-refractivity contribution in [3.63, 3.8) is 0 Å². The van der Waals surface area contributed by atoms with E-state index >= 15 is 0 Å². The van der Waals surface area contributed by atoms with Crippen molar-refractivity contribution in [2.45, 2.75) is 11.7 Å². The molecule has 5 nitrogen and oxygen atoms in total. The van der Waals surface area contributed by atoms with Crippen molar-refractivity contribution in [1.82, 2.24) is 0 Å². The molecule has 0 radical (unpaired) electrons. The van der Waals surface area contributed by atoms with Crippen LogP contribution in [0.3, 0.4) is 0 Å². The van der Waals surface area contributed by atoms with Gasteiger partial charge in [0.05, 0.1) is 12.1 Å². The number of aliphatic carboxylic acids is 1. The number of rotatable bonds is 3. The third-order valence-electron chi connectivity index (χ3n) is 2.22. The summed E-state index contributed by atoms with van der Waals surface area (Å²) in [6.07, 6.45) is -0.296. The number of nitrogens with one attached hydrogen (secondary N) is 1. The van der Waals surface area contributed by atoms with Gasteiger partial charge in [0, 0.05) is 0 Å². The summed E-state index contributed by atoms with van der Waals surface area (Å²) < 4.78 is 13.3. The van der Waals surface area contributed by atoms with E-state index in [1.54, 1.807) is 12.1 Å². The molecule has 7 heteroatoms. The van der Waals surface area contributed by atoms with Gasteiger partial charge in [-0.1, -0.05) is 23.9 Å². The Morgan fingerprint density at radius 2 is 2.22 bits per heavy atom. The SMILES string of the molecule is O=C(O)CC1SC(Nc2ccccc2F)=NC1=O. The number of thioether (sulfide) groups is 1. The van der Waals surface area contributed by atoms with Gasteiger partial charge in [0.1, 0.15) is 11.1 Å². The number of benzene rings is 1. The maximum Gasteiger partial charge on any atom is 0.305 e. The Kier molecular flexibility index (Phi) is 3.61. The molecule has 1 aromatic carbocycles. The minimum Gasteiger partial charge on any atom is -0.481 e. The lowest BCUT2D eigenvalue weighted by Crippen LogP contribution is -2.15. The fourth-order valence-electron chi connectivity index (χ4n) is 1.41. The van der Waals surface area contributed by atoms with E-state index in [0.29, 0.717) is 0 Å². The molecule has 0 saturated carbocycles. The first-order valence-corrected chi connectivity index (χ1v) is 5.97. The molecule has 1 unspecified atom stereocenters. The predicted molar refractivity (Wildman–Crippen MR) is 66.1 cm³/mol. The van der Waals surface area contributed by atoms with Crippen molar-refractivity contribution >= 4 is 34.5 Å². The number of carboxylic acids is 1. The molecule has 0 spiro atoms. The quantitative estimate of drug-likeness (QED) is 0.872. The van der Waals surface area contributed by atoms with E-state index in [0.717, 1.165) is 11.8 Å². The van der Waals surface area contributed by atoms with Crippen LogP contribution in [0, 0.1) is 5.82 Å². The molecule has 1 heterocycles. The number of amidine groups is 1. The Bertz CT molecular complexity index is 533. The second-order valence-corrected chi connectivity index (χ2v) is 4.76. The summed E-state index contributed by atoms with van der Waals surface area (Å²) in [4.78, 5) is 25.6. The van der Waals surface area contributed by atoms with E-state index in [2.05, 4.69) is 10.3 Å². The Morgan fingerprint density at radius 3 is 2.89 bits per heavy atom. The first-order valence-electron chi connectivity index (χ1n) is 5.09. The molecule has 2 N–H and O–H groups in total. The zero-order valence-corrected chi connectivity index (χ0v) is 9.91. The van der Waals surface area contributed by atoms with Gasteiger partial charge in [0.15, 0.2) is 5.17 Å². The molecule has 0 aliphatic carbocycles. The van der Waals surface area contributed by atoms with Gasteiger partial charge in [-0.25, -0.2) is 4.39 Å². The molecule has 1 atom stereocenters. The van der Waals surface area contributed by atoms with Crippen molar-refractivity contribution in [3.05, 3.63) is 30.1 Å². The summed E-state index contributed by atoms with van der Waals surface area (Å²) in [5.74, 6) is -2.04. The highest BCUT2D eigenvalue weighted by atomic mass is 32.2. The Balaban J connectivity index is 2.05. The second-order valence-electron chi connectivity index (χ2n) is 3.56. The summed E-state index contributed by atoms with van der Waals surface area (Å²) in [5, 5.41) is 10.8. The smallest absolute Gasteiger partial charge is 0.305 e. The molecule has 18 heavy (non-hydrogen) atoms. The van der Waals surface area contributed by atoms with E-state index in [-0.39, 0.29) is 17.3 Å². The highest BCUT2D eigenvalue weighted by Crippen LogP contribution is 2.26. The maximum atomic E-state index is 13.3. The Morgan fingerprint density at radius 1 is 1.50 bits per heavy atom. The first kappa shape index (κ1) is 12.6. The number of aliphatic imine (C=N–C) groups is 1. The molecule has 1 amide bonds. The number of carboxylic acid groups (broad SMARTS) is 1. The van der Waals surface area contributed by atoms with Crippen LogP contribution in [-0.2, 0) is 9.59 Å². The first-order chi connectivity index (χ1) is 8.56. The summed E-state index contributed by atoms with van der Waals surface area (Å²) in [7, 11) is 0. The number of hydrogen-bond donors (Lipinski definition) is 2. The summed E-state index contributed by atoms with van der Waals surface area (Å²) in [6.45, 7) is 0. The molecule has 1 aliphatic rings. The number of carbonyl (C=O) groups excluding carboxylic acids is 1. The van der Waals surface area contributed by atoms with Crippen LogP contribution in [0.5, 0.6) is 0 Å². The van der Waals surface area contributed by atoms with Crippen LogP contribution < -0.4 is 5.32 Å². The zero-order valence-electron chi connectivity index (χ0n) is 9.09. The average Bonchev–Trinajstić information content (AvgIpc) is 2.62. The largest absolute Gasteiger partial charge is 0.481 e. The number of hydrogen-bond acceptors (Lipinski definition) is 4. The Hall–Kier alpha value is -1.89. The van der Waals surface area contributed by atoms with Crippen LogP contribution in [0.1, 0.15) is 6.42 Å². The monoisotopic (exact) mass is 268 g/mol. The fourth-order valence-corrected chi connectivity index (χ4v) is 2.37. The molecule has 0 bridgehead atoms. The number of carbonyl (C=O) groups is 2. The Labute approximate surface area is 106 Å². The summed E-state index contributed by atoms with van der Waals surface area (Å²) in [6, 6.07) is 5.97. The number of nitrogens with zero attached hydrogens (tertiary/aromatic N) is 1. The lowest BCUT2D eigenvalue weighted by atomic mass is 10.3. The molecule has 0 saturated heterocycles. The molecule has 0 aromatic heterocycles. The van der Waals surface area contributed by atoms with Crippen LogP contribution >= 0.6 is 11.8 Å². The van der Waals surface area contributed by atoms with Crippen LogP contribution in [0.25, 0.3) is 0 Å². The lowest BCUT2D eigenvalue weighted by molar-refractivity contribution is -0.138. The normalized spacial score (nSPS) is 18.6. The standard InChI is InChI=1S/C11H9FN2O3S/c12-6-3-1-2-4-7(6)13-11-14-10(17)8(18-11)5-9(15)16/h1-4,8H,5H2,(H,15,16)(H,13,14,17). The van der Waals surface area contributed by atoms with Crippen molar-refractivity contribution < 1.29 is 19.1 Å². The minimum absolute atomic E-state index is 0.201. The molecular formula is C11H9FN2O3S. The van der Waals surface area contributed by atoms with Crippen LogP contribution in [0.2, 0.25) is 0 Å². The van der Waals surface area contributed by atoms with Crippen molar-refractivity contribution in [2.24, 2.45) is 4.99 Å². The van der Waals surface area contributed by atoms with Crippen molar-refractivity contribution in [3.8, 4) is 0 Å². The van der Waals surface area contributed by atoms with Crippen LogP contribution in [0.4, 0.5) is 10.1 Å². The van der Waals surface area contributed by atoms with Gasteiger partial charge >= 0.3 is 5.97 Å². The van der Waals surface area contributed by atoms with Gasteiger partial charge < -0.3 is 10.4 Å². The van der Waals surface area contributed by atoms with Gasteiger partial charge in [-0.3, -0.25) is 9.59 Å². The number of anilines is 1. The summed E-state index contributed by atoms with van der Waals surface area (Å²) in [5.41, 5.74) is 0.201. The third-order valence-corrected chi connectivity index (χ3v) is 3.29. The second kappa shape index (κ2) is 5.18. The van der Waals surface area contributed by atoms with E-state index in [4.69, 9.17) is 5.11 Å². The molecule has 0 fully saturated rings. The number of para-hydroxylation sites is 1. The highest BCUT2D eigenvalue weighted by Gasteiger charge is 2.30. The van der Waals surface area contributed by atoms with Gasteiger partial charge in [0.2, 0.25) is 0 Å². The lowest BCUT2D eigenvalue weighted by Gasteiger charge is -2.06. The number of halogens is 1. The maximum absolute atomic E-state index is 13.3. The number of amides is 1. The van der Waals surface area contributed by atoms with Crippen LogP contribution in [-0.4, -0.2) is 27.4 Å². The fraction of sp³-hybridized carbons (Fsp3) is 0.182. The van der Waals surface area contributed by atoms with Gasteiger partial charge in [-0.15, -0.1) is 0 Å². The average molecular weight is 268 g/mol. The van der Waals surface area contributed by atoms with Gasteiger partial charge in [-0.05, 0) is 12.1 Å². The molecule has 1 aliphatic heterocycles. The highest BCUT2D eigenvalue weighted by molar-refractivity contribution is 8.15. The zero-order chi connectivity index (χ0) is 13.1. The van der Waals surface area contributed by atoms with E-state index < -0.39 is 22.9 Å².